The number of para-hydroxylation sites is 1. The molecule has 1 aromatic carbocycles. The average molecular weight is 251 g/mol. The van der Waals surface area contributed by atoms with Crippen LogP contribution in [0.1, 0.15) is 13.3 Å². The first kappa shape index (κ1) is 12.0. The fourth-order valence-corrected chi connectivity index (χ4v) is 1.78. The molecule has 1 heterocycles. The van der Waals surface area contributed by atoms with Crippen LogP contribution in [0, 0.1) is 0 Å². The Hall–Kier alpha value is -1.42. The standard InChI is InChI=1S/C12H15ClN4/c1-2-17(9-5-8-13)12-14-10-6-3-4-7-11(10)15-16-12/h3-4,6-7H,2,5,8-9H2,1H3. The molecule has 0 aliphatic heterocycles. The predicted octanol–water partition coefficient (Wildman–Crippen LogP) is 2.48. The van der Waals surface area contributed by atoms with Crippen molar-refractivity contribution in [3.05, 3.63) is 24.3 Å². The molecule has 0 aliphatic carbocycles. The highest BCUT2D eigenvalue weighted by Gasteiger charge is 2.08. The van der Waals surface area contributed by atoms with Crippen molar-refractivity contribution in [2.75, 3.05) is 23.9 Å². The molecule has 0 saturated heterocycles. The van der Waals surface area contributed by atoms with Gasteiger partial charge in [0.1, 0.15) is 5.52 Å². The number of hydrogen-bond acceptors (Lipinski definition) is 4. The number of aromatic nitrogens is 3. The van der Waals surface area contributed by atoms with Crippen LogP contribution in [0.2, 0.25) is 0 Å². The van der Waals surface area contributed by atoms with Gasteiger partial charge in [0.15, 0.2) is 0 Å². The van der Waals surface area contributed by atoms with E-state index in [0.29, 0.717) is 11.8 Å². The summed E-state index contributed by atoms with van der Waals surface area (Å²) in [6.07, 6.45) is 0.922. The van der Waals surface area contributed by atoms with Crippen molar-refractivity contribution < 1.29 is 0 Å². The topological polar surface area (TPSA) is 41.9 Å². The summed E-state index contributed by atoms with van der Waals surface area (Å²) < 4.78 is 0. The predicted molar refractivity (Wildman–Crippen MR) is 70.6 cm³/mol. The lowest BCUT2D eigenvalue weighted by Gasteiger charge is -2.19. The van der Waals surface area contributed by atoms with Crippen molar-refractivity contribution in [3.8, 4) is 0 Å². The lowest BCUT2D eigenvalue weighted by molar-refractivity contribution is 0.755. The van der Waals surface area contributed by atoms with Crippen LogP contribution in [0.4, 0.5) is 5.95 Å². The Morgan fingerprint density at radius 1 is 1.18 bits per heavy atom. The molecule has 2 aromatic rings. The van der Waals surface area contributed by atoms with E-state index in [1.54, 1.807) is 0 Å². The minimum atomic E-state index is 0.650. The molecular formula is C12H15ClN4. The van der Waals surface area contributed by atoms with Gasteiger partial charge in [-0.25, -0.2) is 4.98 Å². The Morgan fingerprint density at radius 3 is 2.65 bits per heavy atom. The molecule has 0 bridgehead atoms. The third kappa shape index (κ3) is 2.82. The third-order valence-corrected chi connectivity index (χ3v) is 2.84. The molecule has 17 heavy (non-hydrogen) atoms. The molecule has 0 saturated carbocycles. The number of rotatable bonds is 5. The van der Waals surface area contributed by atoms with Crippen LogP contribution in [0.5, 0.6) is 0 Å². The molecule has 4 nitrogen and oxygen atoms in total. The van der Waals surface area contributed by atoms with Crippen LogP contribution >= 0.6 is 11.6 Å². The minimum absolute atomic E-state index is 0.650. The van der Waals surface area contributed by atoms with Gasteiger partial charge in [-0.2, -0.15) is 0 Å². The first-order valence-corrected chi connectivity index (χ1v) is 6.29. The monoisotopic (exact) mass is 250 g/mol. The number of anilines is 1. The van der Waals surface area contributed by atoms with Gasteiger partial charge in [-0.1, -0.05) is 12.1 Å². The van der Waals surface area contributed by atoms with E-state index in [9.17, 15) is 0 Å². The first-order chi connectivity index (χ1) is 8.35. The number of fused-ring (bicyclic) bond motifs is 1. The van der Waals surface area contributed by atoms with E-state index in [0.717, 1.165) is 30.5 Å². The van der Waals surface area contributed by atoms with Crippen LogP contribution in [-0.4, -0.2) is 34.2 Å². The van der Waals surface area contributed by atoms with E-state index in [4.69, 9.17) is 11.6 Å². The zero-order chi connectivity index (χ0) is 12.1. The van der Waals surface area contributed by atoms with Gasteiger partial charge in [0.05, 0.1) is 5.52 Å². The molecule has 0 unspecified atom stereocenters. The van der Waals surface area contributed by atoms with Gasteiger partial charge in [-0.15, -0.1) is 21.8 Å². The largest absolute Gasteiger partial charge is 0.340 e. The van der Waals surface area contributed by atoms with E-state index in [-0.39, 0.29) is 0 Å². The van der Waals surface area contributed by atoms with Crippen molar-refractivity contribution in [2.24, 2.45) is 0 Å². The van der Waals surface area contributed by atoms with Gasteiger partial charge in [0.2, 0.25) is 5.95 Å². The summed E-state index contributed by atoms with van der Waals surface area (Å²) in [6.45, 7) is 3.80. The van der Waals surface area contributed by atoms with Crippen LogP contribution in [0.25, 0.3) is 11.0 Å². The lowest BCUT2D eigenvalue weighted by atomic mass is 10.3. The van der Waals surface area contributed by atoms with Crippen LogP contribution in [-0.2, 0) is 0 Å². The maximum atomic E-state index is 5.70. The second kappa shape index (κ2) is 5.77. The Balaban J connectivity index is 2.27. The van der Waals surface area contributed by atoms with Crippen molar-refractivity contribution in [1.82, 2.24) is 15.2 Å². The summed E-state index contributed by atoms with van der Waals surface area (Å²) in [5.41, 5.74) is 1.70. The fourth-order valence-electron chi connectivity index (χ4n) is 1.66. The van der Waals surface area contributed by atoms with Crippen molar-refractivity contribution in [2.45, 2.75) is 13.3 Å². The summed E-state index contributed by atoms with van der Waals surface area (Å²) in [5, 5.41) is 8.32. The minimum Gasteiger partial charge on any atom is -0.340 e. The molecule has 90 valence electrons. The van der Waals surface area contributed by atoms with Crippen molar-refractivity contribution >= 4 is 28.6 Å². The summed E-state index contributed by atoms with van der Waals surface area (Å²) in [6, 6.07) is 7.75. The molecule has 5 heteroatoms. The quantitative estimate of drug-likeness (QED) is 0.765. The molecule has 0 aliphatic rings. The molecule has 0 amide bonds. The molecule has 0 atom stereocenters. The van der Waals surface area contributed by atoms with E-state index < -0.39 is 0 Å². The summed E-state index contributed by atoms with van der Waals surface area (Å²) in [5.74, 6) is 1.33. The number of hydrogen-bond donors (Lipinski definition) is 0. The zero-order valence-electron chi connectivity index (χ0n) is 9.80. The Labute approximate surface area is 106 Å². The van der Waals surface area contributed by atoms with Gasteiger partial charge in [0.25, 0.3) is 0 Å². The summed E-state index contributed by atoms with van der Waals surface area (Å²) >= 11 is 5.70. The van der Waals surface area contributed by atoms with E-state index >= 15 is 0 Å². The molecular weight excluding hydrogens is 236 g/mol. The van der Waals surface area contributed by atoms with E-state index in [1.165, 1.54) is 0 Å². The van der Waals surface area contributed by atoms with Gasteiger partial charge in [-0.3, -0.25) is 0 Å². The lowest BCUT2D eigenvalue weighted by Crippen LogP contribution is -2.26. The molecule has 2 rings (SSSR count). The number of halogens is 1. The maximum absolute atomic E-state index is 5.70. The van der Waals surface area contributed by atoms with Crippen LogP contribution in [0.15, 0.2) is 24.3 Å². The van der Waals surface area contributed by atoms with Crippen LogP contribution < -0.4 is 4.90 Å². The molecule has 0 spiro atoms. The highest BCUT2D eigenvalue weighted by molar-refractivity contribution is 6.17. The van der Waals surface area contributed by atoms with Gasteiger partial charge < -0.3 is 4.90 Å². The SMILES string of the molecule is CCN(CCCCl)c1nnc2ccccc2n1. The number of alkyl halides is 1. The second-order valence-electron chi connectivity index (χ2n) is 3.72. The highest BCUT2D eigenvalue weighted by Crippen LogP contribution is 2.12. The van der Waals surface area contributed by atoms with E-state index in [2.05, 4.69) is 27.0 Å². The van der Waals surface area contributed by atoms with Crippen molar-refractivity contribution in [3.63, 3.8) is 0 Å². The Bertz CT molecular complexity index is 489. The van der Waals surface area contributed by atoms with Gasteiger partial charge in [0, 0.05) is 19.0 Å². The van der Waals surface area contributed by atoms with Crippen molar-refractivity contribution in [1.29, 1.82) is 0 Å². The summed E-state index contributed by atoms with van der Waals surface area (Å²) in [7, 11) is 0. The summed E-state index contributed by atoms with van der Waals surface area (Å²) in [4.78, 5) is 6.59. The Kier molecular flexibility index (Phi) is 4.09. The zero-order valence-corrected chi connectivity index (χ0v) is 10.6. The Morgan fingerprint density at radius 2 is 1.94 bits per heavy atom. The molecule has 0 fully saturated rings. The smallest absolute Gasteiger partial charge is 0.245 e. The number of nitrogens with zero attached hydrogens (tertiary/aromatic N) is 4. The first-order valence-electron chi connectivity index (χ1n) is 5.75. The third-order valence-electron chi connectivity index (χ3n) is 2.58. The maximum Gasteiger partial charge on any atom is 0.245 e. The second-order valence-corrected chi connectivity index (χ2v) is 4.10. The normalized spacial score (nSPS) is 10.7. The molecule has 1 aromatic heterocycles. The molecule has 0 N–H and O–H groups in total. The van der Waals surface area contributed by atoms with E-state index in [1.807, 2.05) is 24.3 Å². The number of benzene rings is 1. The highest BCUT2D eigenvalue weighted by atomic mass is 35.5. The van der Waals surface area contributed by atoms with Gasteiger partial charge >= 0.3 is 0 Å². The fraction of sp³-hybridized carbons (Fsp3) is 0.417. The van der Waals surface area contributed by atoms with Crippen LogP contribution in [0.3, 0.4) is 0 Å². The van der Waals surface area contributed by atoms with Gasteiger partial charge in [-0.05, 0) is 25.5 Å². The average Bonchev–Trinajstić information content (AvgIpc) is 2.39. The molecule has 0 radical (unpaired) electrons.